The first-order chi connectivity index (χ1) is 16.5. The van der Waals surface area contributed by atoms with Crippen molar-refractivity contribution < 1.29 is 23.9 Å². The Bertz CT molecular complexity index is 1140. The van der Waals surface area contributed by atoms with Gasteiger partial charge in [-0.2, -0.15) is 0 Å². The highest BCUT2D eigenvalue weighted by molar-refractivity contribution is 6.07. The highest BCUT2D eigenvalue weighted by Gasteiger charge is 2.39. The van der Waals surface area contributed by atoms with Crippen LogP contribution in [0.4, 0.5) is 0 Å². The van der Waals surface area contributed by atoms with Gasteiger partial charge in [0.25, 0.3) is 5.91 Å². The van der Waals surface area contributed by atoms with Crippen molar-refractivity contribution in [3.63, 3.8) is 0 Å². The summed E-state index contributed by atoms with van der Waals surface area (Å²) in [6, 6.07) is 13.0. The van der Waals surface area contributed by atoms with E-state index in [2.05, 4.69) is 10.2 Å². The fourth-order valence-electron chi connectivity index (χ4n) is 4.89. The highest BCUT2D eigenvalue weighted by Crippen LogP contribution is 2.34. The third-order valence-electron chi connectivity index (χ3n) is 6.71. The Kier molecular flexibility index (Phi) is 6.15. The van der Waals surface area contributed by atoms with E-state index in [0.717, 1.165) is 29.8 Å². The number of carbonyl (C=O) groups excluding carboxylic acids is 4. The lowest BCUT2D eigenvalue weighted by atomic mass is 9.92. The molecule has 1 unspecified atom stereocenters. The van der Waals surface area contributed by atoms with Crippen molar-refractivity contribution in [1.29, 1.82) is 0 Å². The first kappa shape index (κ1) is 22.3. The number of amides is 2. The first-order valence-corrected chi connectivity index (χ1v) is 11.6. The van der Waals surface area contributed by atoms with E-state index in [4.69, 9.17) is 4.74 Å². The molecular formula is C26H27N3O5. The number of Topliss-reactive ketones (excluding diaryl/α,β-unsaturated/α-hetero) is 2. The molecule has 5 rings (SSSR count). The van der Waals surface area contributed by atoms with Gasteiger partial charge in [-0.05, 0) is 29.7 Å². The van der Waals surface area contributed by atoms with Crippen molar-refractivity contribution in [3.05, 3.63) is 64.7 Å². The molecule has 0 spiro atoms. The molecule has 0 bridgehead atoms. The summed E-state index contributed by atoms with van der Waals surface area (Å²) in [4.78, 5) is 52.2. The highest BCUT2D eigenvalue weighted by atomic mass is 16.5. The number of hydrogen-bond acceptors (Lipinski definition) is 6. The summed E-state index contributed by atoms with van der Waals surface area (Å²) in [5.74, 6) is 0.289. The number of piperazine rings is 1. The molecule has 2 heterocycles. The molecule has 2 fully saturated rings. The number of benzene rings is 2. The number of rotatable bonds is 6. The summed E-state index contributed by atoms with van der Waals surface area (Å²) in [6.45, 7) is 3.34. The number of nitrogens with one attached hydrogen (secondary N) is 1. The molecule has 1 N–H and O–H groups in total. The van der Waals surface area contributed by atoms with Crippen LogP contribution in [0.2, 0.25) is 0 Å². The molecule has 2 aromatic rings. The maximum Gasteiger partial charge on any atom is 0.255 e. The Morgan fingerprint density at radius 3 is 2.53 bits per heavy atom. The van der Waals surface area contributed by atoms with Crippen LogP contribution in [0.5, 0.6) is 5.75 Å². The van der Waals surface area contributed by atoms with Gasteiger partial charge in [0.15, 0.2) is 5.78 Å². The van der Waals surface area contributed by atoms with E-state index < -0.39 is 6.04 Å². The van der Waals surface area contributed by atoms with Gasteiger partial charge >= 0.3 is 0 Å². The summed E-state index contributed by atoms with van der Waals surface area (Å²) in [5, 5.41) is 2.83. The standard InChI is InChI=1S/C26H27N3O5/c30-19-8-9-22(23(31)12-19)29-14-21-20(26(29)33)2-1-3-24(21)34-16-18-6-4-17(5-7-18)13-28-11-10-27-25(32)15-28/h1-7,22H,8-16H2,(H,27,32). The van der Waals surface area contributed by atoms with Crippen LogP contribution in [-0.2, 0) is 34.1 Å². The topological polar surface area (TPSA) is 96.0 Å². The lowest BCUT2D eigenvalue weighted by Crippen LogP contribution is -2.47. The summed E-state index contributed by atoms with van der Waals surface area (Å²) >= 11 is 0. The van der Waals surface area contributed by atoms with Gasteiger partial charge in [0.1, 0.15) is 18.1 Å². The van der Waals surface area contributed by atoms with E-state index in [1.165, 1.54) is 0 Å². The lowest BCUT2D eigenvalue weighted by molar-refractivity contribution is -0.133. The minimum atomic E-state index is -0.538. The third kappa shape index (κ3) is 4.59. The molecule has 1 atom stereocenters. The van der Waals surface area contributed by atoms with Crippen molar-refractivity contribution in [2.75, 3.05) is 19.6 Å². The molecule has 8 heteroatoms. The van der Waals surface area contributed by atoms with E-state index in [1.807, 2.05) is 30.3 Å². The van der Waals surface area contributed by atoms with E-state index in [-0.39, 0.29) is 29.8 Å². The van der Waals surface area contributed by atoms with Gasteiger partial charge in [0.05, 0.1) is 25.6 Å². The Morgan fingerprint density at radius 2 is 1.76 bits per heavy atom. The molecule has 34 heavy (non-hydrogen) atoms. The quantitative estimate of drug-likeness (QED) is 0.660. The largest absolute Gasteiger partial charge is 0.489 e. The maximum atomic E-state index is 13.0. The number of ether oxygens (including phenoxy) is 1. The van der Waals surface area contributed by atoms with Gasteiger partial charge < -0.3 is 15.0 Å². The summed E-state index contributed by atoms with van der Waals surface area (Å²) < 4.78 is 6.09. The van der Waals surface area contributed by atoms with Crippen molar-refractivity contribution in [2.24, 2.45) is 0 Å². The minimum absolute atomic E-state index is 0.0538. The van der Waals surface area contributed by atoms with E-state index in [1.54, 1.807) is 17.0 Å². The van der Waals surface area contributed by atoms with Crippen LogP contribution in [-0.4, -0.2) is 58.9 Å². The molecular weight excluding hydrogens is 434 g/mol. The Balaban J connectivity index is 1.22. The van der Waals surface area contributed by atoms with Gasteiger partial charge in [-0.25, -0.2) is 0 Å². The molecule has 3 aliphatic rings. The van der Waals surface area contributed by atoms with Gasteiger partial charge in [-0.3, -0.25) is 24.1 Å². The zero-order chi connectivity index (χ0) is 23.7. The maximum absolute atomic E-state index is 13.0. The van der Waals surface area contributed by atoms with Crippen LogP contribution in [0.15, 0.2) is 42.5 Å². The molecule has 1 saturated carbocycles. The van der Waals surface area contributed by atoms with Gasteiger partial charge in [0, 0.05) is 37.2 Å². The summed E-state index contributed by atoms with van der Waals surface area (Å²) in [5.41, 5.74) is 3.48. The second-order valence-electron chi connectivity index (χ2n) is 9.12. The van der Waals surface area contributed by atoms with Gasteiger partial charge in [-0.1, -0.05) is 30.3 Å². The molecule has 2 amide bonds. The van der Waals surface area contributed by atoms with E-state index in [0.29, 0.717) is 50.4 Å². The smallest absolute Gasteiger partial charge is 0.255 e. The summed E-state index contributed by atoms with van der Waals surface area (Å²) in [7, 11) is 0. The molecule has 0 radical (unpaired) electrons. The third-order valence-corrected chi connectivity index (χ3v) is 6.71. The average Bonchev–Trinajstić information content (AvgIpc) is 3.15. The molecule has 2 aromatic carbocycles. The normalized spacial score (nSPS) is 20.9. The van der Waals surface area contributed by atoms with Crippen LogP contribution in [0.25, 0.3) is 0 Å². The molecule has 0 aromatic heterocycles. The van der Waals surface area contributed by atoms with Crippen LogP contribution in [0, 0.1) is 0 Å². The Labute approximate surface area is 197 Å². The number of hydrogen-bond donors (Lipinski definition) is 1. The fraction of sp³-hybridized carbons (Fsp3) is 0.385. The fourth-order valence-corrected chi connectivity index (χ4v) is 4.89. The van der Waals surface area contributed by atoms with Crippen molar-refractivity contribution in [3.8, 4) is 5.75 Å². The van der Waals surface area contributed by atoms with Gasteiger partial charge in [0.2, 0.25) is 5.91 Å². The predicted octanol–water partition coefficient (Wildman–Crippen LogP) is 1.84. The first-order valence-electron chi connectivity index (χ1n) is 11.6. The van der Waals surface area contributed by atoms with E-state index >= 15 is 0 Å². The number of ketones is 2. The Hall–Kier alpha value is -3.52. The number of nitrogens with zero attached hydrogens (tertiary/aromatic N) is 2. The van der Waals surface area contributed by atoms with Crippen molar-refractivity contribution in [1.82, 2.24) is 15.1 Å². The van der Waals surface area contributed by atoms with Crippen LogP contribution in [0.1, 0.15) is 46.3 Å². The monoisotopic (exact) mass is 461 g/mol. The van der Waals surface area contributed by atoms with Crippen LogP contribution >= 0.6 is 0 Å². The molecule has 2 aliphatic heterocycles. The summed E-state index contributed by atoms with van der Waals surface area (Å²) in [6.07, 6.45) is 0.637. The van der Waals surface area contributed by atoms with Crippen molar-refractivity contribution in [2.45, 2.75) is 45.0 Å². The number of fused-ring (bicyclic) bond motifs is 1. The Morgan fingerprint density at radius 1 is 0.971 bits per heavy atom. The minimum Gasteiger partial charge on any atom is -0.489 e. The second kappa shape index (κ2) is 9.38. The molecule has 1 saturated heterocycles. The lowest BCUT2D eigenvalue weighted by Gasteiger charge is -2.29. The predicted molar refractivity (Wildman–Crippen MR) is 123 cm³/mol. The zero-order valence-corrected chi connectivity index (χ0v) is 18.9. The SMILES string of the molecule is O=C1CCC(N2Cc3c(OCc4ccc(CN5CCNC(=O)C5)cc4)cccc3C2=O)C(=O)C1. The van der Waals surface area contributed by atoms with Crippen molar-refractivity contribution >= 4 is 23.4 Å². The van der Waals surface area contributed by atoms with E-state index in [9.17, 15) is 19.2 Å². The molecule has 1 aliphatic carbocycles. The van der Waals surface area contributed by atoms with Gasteiger partial charge in [-0.15, -0.1) is 0 Å². The van der Waals surface area contributed by atoms with Crippen LogP contribution in [0.3, 0.4) is 0 Å². The second-order valence-corrected chi connectivity index (χ2v) is 9.12. The average molecular weight is 462 g/mol. The zero-order valence-electron chi connectivity index (χ0n) is 18.9. The molecule has 176 valence electrons. The number of carbonyl (C=O) groups is 4. The molecule has 8 nitrogen and oxygen atoms in total. The van der Waals surface area contributed by atoms with Crippen LogP contribution < -0.4 is 10.1 Å².